The molecule has 4 aromatic rings. The van der Waals surface area contributed by atoms with E-state index in [1.165, 1.54) is 22.3 Å². The minimum absolute atomic E-state index is 0.816. The topological polar surface area (TPSA) is 66.3 Å². The third-order valence-corrected chi connectivity index (χ3v) is 5.47. The summed E-state index contributed by atoms with van der Waals surface area (Å²) in [5.74, 6) is -1.78. The van der Waals surface area contributed by atoms with Gasteiger partial charge in [0.05, 0.1) is 5.39 Å². The van der Waals surface area contributed by atoms with Crippen molar-refractivity contribution in [3.63, 3.8) is 0 Å². The molecule has 0 aliphatic heterocycles. The first-order valence-electron chi connectivity index (χ1n) is 9.51. The Hall–Kier alpha value is -3.46. The van der Waals surface area contributed by atoms with Gasteiger partial charge in [-0.1, -0.05) is 60.2 Å². The molecule has 9 heteroatoms. The molecule has 0 aliphatic rings. The highest BCUT2D eigenvalue weighted by Gasteiger charge is 2.38. The largest absolute Gasteiger partial charge is 0.490 e. The van der Waals surface area contributed by atoms with Crippen LogP contribution in [0.2, 0.25) is 0 Å². The van der Waals surface area contributed by atoms with E-state index in [0.717, 1.165) is 22.6 Å². The van der Waals surface area contributed by atoms with Gasteiger partial charge >= 0.3 is 12.1 Å². The molecule has 166 valence electrons. The maximum atomic E-state index is 10.6. The van der Waals surface area contributed by atoms with Gasteiger partial charge in [0.25, 0.3) is 0 Å². The third kappa shape index (κ3) is 5.61. The van der Waals surface area contributed by atoms with Crippen LogP contribution in [0.1, 0.15) is 11.1 Å². The molecule has 0 bridgehead atoms. The smallest absolute Gasteiger partial charge is 0.475 e. The van der Waals surface area contributed by atoms with Gasteiger partial charge in [-0.25, -0.2) is 14.8 Å². The number of carbonyl (C=O) groups is 1. The van der Waals surface area contributed by atoms with Gasteiger partial charge in [-0.2, -0.15) is 13.2 Å². The van der Waals surface area contributed by atoms with Crippen molar-refractivity contribution < 1.29 is 23.1 Å². The second-order valence-electron chi connectivity index (χ2n) is 7.04. The number of hydrogen-bond donors (Lipinski definition) is 1. The molecule has 0 atom stereocenters. The van der Waals surface area contributed by atoms with Crippen molar-refractivity contribution >= 4 is 33.3 Å². The first kappa shape index (κ1) is 23.2. The molecule has 4 rings (SSSR count). The molecule has 0 aliphatic carbocycles. The van der Waals surface area contributed by atoms with Gasteiger partial charge in [0.15, 0.2) is 0 Å². The maximum absolute atomic E-state index is 10.6. The van der Waals surface area contributed by atoms with Gasteiger partial charge in [-0.05, 0) is 18.1 Å². The number of thiophene rings is 1. The lowest BCUT2D eigenvalue weighted by Crippen LogP contribution is -2.21. The number of aryl methyl sites for hydroxylation is 1. The third-order valence-electron chi connectivity index (χ3n) is 4.58. The molecule has 0 unspecified atom stereocenters. The van der Waals surface area contributed by atoms with Crippen LogP contribution in [0, 0.1) is 6.92 Å². The summed E-state index contributed by atoms with van der Waals surface area (Å²) in [5.41, 5.74) is 4.95. The number of anilines is 1. The maximum Gasteiger partial charge on any atom is 0.490 e. The predicted octanol–water partition coefficient (Wildman–Crippen LogP) is 5.94. The minimum Gasteiger partial charge on any atom is -0.475 e. The molecule has 0 saturated heterocycles. The van der Waals surface area contributed by atoms with Gasteiger partial charge in [-0.3, -0.25) is 0 Å². The van der Waals surface area contributed by atoms with E-state index >= 15 is 0 Å². The highest BCUT2D eigenvalue weighted by molar-refractivity contribution is 7.17. The first-order chi connectivity index (χ1) is 15.2. The summed E-state index contributed by atoms with van der Waals surface area (Å²) >= 11 is 1.67. The number of halogens is 3. The normalized spacial score (nSPS) is 11.0. The van der Waals surface area contributed by atoms with Crippen LogP contribution in [-0.4, -0.2) is 34.3 Å². The fourth-order valence-corrected chi connectivity index (χ4v) is 3.94. The lowest BCUT2D eigenvalue weighted by Gasteiger charge is -2.19. The molecule has 2 aromatic heterocycles. The average molecular weight is 459 g/mol. The standard InChI is InChI=1S/C21H19N3S.C2HF3O2/c1-15-8-10-17(11-9-15)18-13-25-21-19(18)20(22-14-23-21)24(2)12-16-6-4-3-5-7-16;3-2(4,5)1(6)7/h3-11,13-14H,12H2,1-2H3;(H,6,7). The Balaban J connectivity index is 0.000000360. The highest BCUT2D eigenvalue weighted by atomic mass is 32.1. The summed E-state index contributed by atoms with van der Waals surface area (Å²) in [6, 6.07) is 19.1. The predicted molar refractivity (Wildman–Crippen MR) is 120 cm³/mol. The summed E-state index contributed by atoms with van der Waals surface area (Å²) < 4.78 is 31.7. The molecule has 2 heterocycles. The molecule has 0 radical (unpaired) electrons. The summed E-state index contributed by atoms with van der Waals surface area (Å²) in [7, 11) is 2.09. The van der Waals surface area contributed by atoms with E-state index in [4.69, 9.17) is 9.90 Å². The monoisotopic (exact) mass is 459 g/mol. The highest BCUT2D eigenvalue weighted by Crippen LogP contribution is 2.37. The zero-order valence-electron chi connectivity index (χ0n) is 17.3. The summed E-state index contributed by atoms with van der Waals surface area (Å²) in [4.78, 5) is 21.2. The van der Waals surface area contributed by atoms with Crippen LogP contribution < -0.4 is 4.90 Å². The number of carboxylic acid groups (broad SMARTS) is 1. The van der Waals surface area contributed by atoms with Crippen LogP contribution in [-0.2, 0) is 11.3 Å². The minimum atomic E-state index is -5.08. The summed E-state index contributed by atoms with van der Waals surface area (Å²) in [5, 5.41) is 10.4. The molecular formula is C23H20F3N3O2S. The van der Waals surface area contributed by atoms with E-state index < -0.39 is 12.1 Å². The van der Waals surface area contributed by atoms with E-state index in [-0.39, 0.29) is 0 Å². The van der Waals surface area contributed by atoms with E-state index in [1.54, 1.807) is 17.7 Å². The number of aliphatic carboxylic acids is 1. The molecule has 0 fully saturated rings. The Kier molecular flexibility index (Phi) is 7.09. The van der Waals surface area contributed by atoms with Gasteiger partial charge in [-0.15, -0.1) is 11.3 Å². The Morgan fingerprint density at radius 1 is 1.06 bits per heavy atom. The molecule has 1 N–H and O–H groups in total. The van der Waals surface area contributed by atoms with Crippen molar-refractivity contribution in [3.05, 3.63) is 77.4 Å². The van der Waals surface area contributed by atoms with Gasteiger partial charge < -0.3 is 10.0 Å². The zero-order chi connectivity index (χ0) is 23.3. The second kappa shape index (κ2) is 9.78. The number of alkyl halides is 3. The molecule has 0 spiro atoms. The van der Waals surface area contributed by atoms with Crippen molar-refractivity contribution in [1.29, 1.82) is 0 Å². The number of hydrogen-bond acceptors (Lipinski definition) is 5. The average Bonchev–Trinajstić information content (AvgIpc) is 3.19. The van der Waals surface area contributed by atoms with E-state index in [0.29, 0.717) is 0 Å². The second-order valence-corrected chi connectivity index (χ2v) is 7.90. The fourth-order valence-electron chi connectivity index (χ4n) is 3.03. The van der Waals surface area contributed by atoms with Crippen LogP contribution in [0.3, 0.4) is 0 Å². The van der Waals surface area contributed by atoms with Crippen molar-refractivity contribution in [2.45, 2.75) is 19.6 Å². The number of carboxylic acids is 1. The van der Waals surface area contributed by atoms with Crippen LogP contribution >= 0.6 is 11.3 Å². The van der Waals surface area contributed by atoms with Crippen LogP contribution in [0.15, 0.2) is 66.3 Å². The van der Waals surface area contributed by atoms with Crippen molar-refractivity contribution in [3.8, 4) is 11.1 Å². The number of rotatable bonds is 4. The van der Waals surface area contributed by atoms with Crippen LogP contribution in [0.5, 0.6) is 0 Å². The first-order valence-corrected chi connectivity index (χ1v) is 10.4. The van der Waals surface area contributed by atoms with Gasteiger partial charge in [0, 0.05) is 24.5 Å². The number of nitrogens with zero attached hydrogens (tertiary/aromatic N) is 3. The Morgan fingerprint density at radius 2 is 1.69 bits per heavy atom. The zero-order valence-corrected chi connectivity index (χ0v) is 18.1. The molecule has 0 amide bonds. The van der Waals surface area contributed by atoms with Gasteiger partial charge in [0.2, 0.25) is 0 Å². The van der Waals surface area contributed by atoms with E-state index in [9.17, 15) is 13.2 Å². The van der Waals surface area contributed by atoms with E-state index in [1.807, 2.05) is 6.07 Å². The summed E-state index contributed by atoms with van der Waals surface area (Å²) in [6.45, 7) is 2.92. The van der Waals surface area contributed by atoms with Crippen LogP contribution in [0.25, 0.3) is 21.3 Å². The quantitative estimate of drug-likeness (QED) is 0.409. The molecule has 32 heavy (non-hydrogen) atoms. The number of aromatic nitrogens is 2. The van der Waals surface area contributed by atoms with Crippen molar-refractivity contribution in [2.75, 3.05) is 11.9 Å². The Morgan fingerprint density at radius 3 is 2.28 bits per heavy atom. The lowest BCUT2D eigenvalue weighted by molar-refractivity contribution is -0.192. The lowest BCUT2D eigenvalue weighted by atomic mass is 10.0. The Bertz CT molecular complexity index is 1190. The van der Waals surface area contributed by atoms with Crippen molar-refractivity contribution in [2.24, 2.45) is 0 Å². The van der Waals surface area contributed by atoms with Crippen LogP contribution in [0.4, 0.5) is 19.0 Å². The number of fused-ring (bicyclic) bond motifs is 1. The fraction of sp³-hybridized carbons (Fsp3) is 0.174. The van der Waals surface area contributed by atoms with Gasteiger partial charge in [0.1, 0.15) is 17.0 Å². The molecule has 0 saturated carbocycles. The summed E-state index contributed by atoms with van der Waals surface area (Å²) in [6.07, 6.45) is -3.42. The van der Waals surface area contributed by atoms with E-state index in [2.05, 4.69) is 82.8 Å². The molecule has 2 aromatic carbocycles. The molecular weight excluding hydrogens is 439 g/mol. The Labute approximate surface area is 186 Å². The molecule has 5 nitrogen and oxygen atoms in total. The SMILES string of the molecule is Cc1ccc(-c2csc3ncnc(N(C)Cc4ccccc4)c23)cc1.O=C(O)C(F)(F)F. The van der Waals surface area contributed by atoms with Crippen molar-refractivity contribution in [1.82, 2.24) is 9.97 Å². The number of benzene rings is 2.